The molecule has 14 rings (SSSR count). The largest absolute Gasteiger partial charge is 0.309 e. The number of hydrogen-bond acceptors (Lipinski definition) is 3. The van der Waals surface area contributed by atoms with Crippen LogP contribution in [0.25, 0.3) is 133 Å². The first kappa shape index (κ1) is 41.3. The Morgan fingerprint density at radius 1 is 0.250 bits per heavy atom. The molecule has 0 N–H and O–H groups in total. The molecule has 0 atom stereocenters. The Morgan fingerprint density at radius 2 is 0.708 bits per heavy atom. The minimum absolute atomic E-state index is 0.565. The summed E-state index contributed by atoms with van der Waals surface area (Å²) in [7, 11) is 0. The maximum absolute atomic E-state index is 5.37. The second-order valence-corrected chi connectivity index (χ2v) is 18.4. The lowest BCUT2D eigenvalue weighted by Gasteiger charge is -2.17. The molecule has 5 nitrogen and oxygen atoms in total. The highest BCUT2D eigenvalue weighted by Crippen LogP contribution is 2.41. The number of aromatic nitrogens is 5. The average Bonchev–Trinajstić information content (AvgIpc) is 3.98. The first-order valence-corrected chi connectivity index (χ1v) is 24.4. The summed E-state index contributed by atoms with van der Waals surface area (Å²) in [5.74, 6) is 1.78. The van der Waals surface area contributed by atoms with E-state index < -0.39 is 0 Å². The van der Waals surface area contributed by atoms with Crippen LogP contribution in [0, 0.1) is 0 Å². The van der Waals surface area contributed by atoms with E-state index >= 15 is 0 Å². The Labute approximate surface area is 416 Å². The van der Waals surface area contributed by atoms with Gasteiger partial charge in [0.1, 0.15) is 0 Å². The van der Waals surface area contributed by atoms with Gasteiger partial charge < -0.3 is 4.57 Å². The van der Waals surface area contributed by atoms with Gasteiger partial charge in [0.25, 0.3) is 0 Å². The van der Waals surface area contributed by atoms with Crippen LogP contribution in [0.3, 0.4) is 0 Å². The quantitative estimate of drug-likeness (QED) is 0.153. The van der Waals surface area contributed by atoms with Crippen LogP contribution in [-0.2, 0) is 0 Å². The number of benzene rings is 11. The summed E-state index contributed by atoms with van der Waals surface area (Å²) >= 11 is 0. The Kier molecular flexibility index (Phi) is 9.78. The number of rotatable bonds is 8. The molecule has 0 saturated heterocycles. The zero-order valence-corrected chi connectivity index (χ0v) is 39.1. The van der Waals surface area contributed by atoms with E-state index in [1.54, 1.807) is 0 Å². The smallest absolute Gasteiger partial charge is 0.238 e. The Hall–Kier alpha value is -9.71. The van der Waals surface area contributed by atoms with Crippen LogP contribution in [0.2, 0.25) is 0 Å². The molecule has 72 heavy (non-hydrogen) atoms. The van der Waals surface area contributed by atoms with E-state index in [-0.39, 0.29) is 0 Å². The molecule has 0 fully saturated rings. The minimum atomic E-state index is 0.565. The van der Waals surface area contributed by atoms with Gasteiger partial charge in [-0.15, -0.1) is 0 Å². The molecule has 3 aromatic heterocycles. The molecule has 11 aromatic carbocycles. The van der Waals surface area contributed by atoms with Crippen molar-refractivity contribution in [1.29, 1.82) is 0 Å². The van der Waals surface area contributed by atoms with Gasteiger partial charge in [0, 0.05) is 43.8 Å². The summed E-state index contributed by atoms with van der Waals surface area (Å²) < 4.78 is 4.65. The third-order valence-corrected chi connectivity index (χ3v) is 14.2. The molecule has 14 aromatic rings. The van der Waals surface area contributed by atoms with Gasteiger partial charge in [-0.2, -0.15) is 9.97 Å². The summed E-state index contributed by atoms with van der Waals surface area (Å²) in [6.07, 6.45) is 0. The molecule has 3 heterocycles. The van der Waals surface area contributed by atoms with E-state index in [0.717, 1.165) is 77.2 Å². The first-order chi connectivity index (χ1) is 35.7. The summed E-state index contributed by atoms with van der Waals surface area (Å²) in [6, 6.07) is 93.1. The predicted octanol–water partition coefficient (Wildman–Crippen LogP) is 17.2. The van der Waals surface area contributed by atoms with Crippen molar-refractivity contribution in [3.05, 3.63) is 261 Å². The van der Waals surface area contributed by atoms with Gasteiger partial charge in [0.15, 0.2) is 11.6 Å². The summed E-state index contributed by atoms with van der Waals surface area (Å²) in [6.45, 7) is 0. The molecule has 0 aliphatic rings. The maximum atomic E-state index is 5.37. The molecule has 0 aliphatic heterocycles. The Morgan fingerprint density at radius 3 is 1.38 bits per heavy atom. The Bertz CT molecular complexity index is 4330. The van der Waals surface area contributed by atoms with E-state index in [9.17, 15) is 0 Å². The van der Waals surface area contributed by atoms with E-state index in [0.29, 0.717) is 17.6 Å². The highest BCUT2D eigenvalue weighted by molar-refractivity contribution is 6.14. The van der Waals surface area contributed by atoms with E-state index in [4.69, 9.17) is 15.0 Å². The van der Waals surface area contributed by atoms with Crippen LogP contribution in [0.15, 0.2) is 261 Å². The molecule has 0 spiro atoms. The predicted molar refractivity (Wildman–Crippen MR) is 299 cm³/mol. The molecule has 0 unspecified atom stereocenters. The molecular formula is C67H43N5. The molecule has 5 heteroatoms. The second kappa shape index (κ2) is 17.1. The monoisotopic (exact) mass is 917 g/mol. The van der Waals surface area contributed by atoms with Crippen molar-refractivity contribution in [2.75, 3.05) is 0 Å². The number of hydrogen-bond donors (Lipinski definition) is 0. The molecule has 0 saturated carbocycles. The number of nitrogens with zero attached hydrogens (tertiary/aromatic N) is 5. The van der Waals surface area contributed by atoms with Crippen molar-refractivity contribution < 1.29 is 0 Å². The fourth-order valence-electron chi connectivity index (χ4n) is 10.8. The number of fused-ring (bicyclic) bond motifs is 7. The SMILES string of the molecule is c1ccc(-c2cccc(-c3ccc(-n4c5ccccc5c5ccccc54)c(-c4ccc5cc(-c6nc(-c7ccccc7)nc(-n7c8ccccc8c8cccc(-c9ccccc9)c87)n6)ccc5c4)c3)c2)cc1. The van der Waals surface area contributed by atoms with E-state index in [1.165, 1.54) is 38.5 Å². The molecule has 0 radical (unpaired) electrons. The van der Waals surface area contributed by atoms with Crippen LogP contribution in [0.5, 0.6) is 0 Å². The zero-order chi connectivity index (χ0) is 47.5. The molecule has 0 bridgehead atoms. The molecule has 336 valence electrons. The zero-order valence-electron chi connectivity index (χ0n) is 39.1. The standard InChI is InChI=1S/C67H43N5/c1-4-18-44(19-5-1)47-24-16-25-48(40-47)51-38-39-63(71-60-31-13-10-26-55(60)56-27-11-14-32-61(56)71)59(43-51)52-36-34-50-42-53(37-35-49(50)41-52)66-68-65(46-22-8-3-9-23-46)69-67(70-66)72-62-33-15-12-28-57(62)58-30-17-29-54(64(58)72)45-20-6-2-7-21-45/h1-43H. The average molecular weight is 918 g/mol. The summed E-state index contributed by atoms with van der Waals surface area (Å²) in [5.41, 5.74) is 16.6. The van der Waals surface area contributed by atoms with Crippen LogP contribution >= 0.6 is 0 Å². The Balaban J connectivity index is 0.937. The molecule has 0 amide bonds. The van der Waals surface area contributed by atoms with E-state index in [1.807, 2.05) is 18.2 Å². The van der Waals surface area contributed by atoms with Crippen molar-refractivity contribution in [3.63, 3.8) is 0 Å². The number of para-hydroxylation sites is 4. The van der Waals surface area contributed by atoms with Gasteiger partial charge >= 0.3 is 0 Å². The normalized spacial score (nSPS) is 11.6. The topological polar surface area (TPSA) is 48.5 Å². The first-order valence-electron chi connectivity index (χ1n) is 24.4. The fourth-order valence-corrected chi connectivity index (χ4v) is 10.8. The van der Waals surface area contributed by atoms with Gasteiger partial charge in [-0.05, 0) is 92.7 Å². The minimum Gasteiger partial charge on any atom is -0.309 e. The highest BCUT2D eigenvalue weighted by Gasteiger charge is 2.22. The summed E-state index contributed by atoms with van der Waals surface area (Å²) in [5, 5.41) is 6.96. The second-order valence-electron chi connectivity index (χ2n) is 18.4. The third-order valence-electron chi connectivity index (χ3n) is 14.2. The van der Waals surface area contributed by atoms with Crippen molar-refractivity contribution in [3.8, 4) is 78.9 Å². The van der Waals surface area contributed by atoms with Crippen LogP contribution in [0.4, 0.5) is 0 Å². The van der Waals surface area contributed by atoms with Crippen LogP contribution in [0.1, 0.15) is 0 Å². The van der Waals surface area contributed by atoms with Gasteiger partial charge in [0.05, 0.1) is 27.8 Å². The van der Waals surface area contributed by atoms with Crippen LogP contribution in [-0.4, -0.2) is 24.1 Å². The fraction of sp³-hybridized carbons (Fsp3) is 0. The third kappa shape index (κ3) is 6.98. The lowest BCUT2D eigenvalue weighted by atomic mass is 9.93. The van der Waals surface area contributed by atoms with Crippen molar-refractivity contribution in [1.82, 2.24) is 24.1 Å². The lowest BCUT2D eigenvalue weighted by Crippen LogP contribution is -2.07. The lowest BCUT2D eigenvalue weighted by molar-refractivity contribution is 0.954. The summed E-state index contributed by atoms with van der Waals surface area (Å²) in [4.78, 5) is 15.9. The molecule has 0 aliphatic carbocycles. The van der Waals surface area contributed by atoms with Gasteiger partial charge in [-0.3, -0.25) is 4.57 Å². The van der Waals surface area contributed by atoms with Gasteiger partial charge in [0.2, 0.25) is 5.95 Å². The maximum Gasteiger partial charge on any atom is 0.238 e. The van der Waals surface area contributed by atoms with Crippen molar-refractivity contribution in [2.24, 2.45) is 0 Å². The van der Waals surface area contributed by atoms with Gasteiger partial charge in [-0.25, -0.2) is 4.98 Å². The van der Waals surface area contributed by atoms with Crippen molar-refractivity contribution >= 4 is 54.4 Å². The highest BCUT2D eigenvalue weighted by atomic mass is 15.2. The molecular weight excluding hydrogens is 875 g/mol. The van der Waals surface area contributed by atoms with Crippen LogP contribution < -0.4 is 0 Å². The van der Waals surface area contributed by atoms with Gasteiger partial charge in [-0.1, -0.05) is 212 Å². The van der Waals surface area contributed by atoms with E-state index in [2.05, 4.69) is 252 Å². The van der Waals surface area contributed by atoms with Crippen molar-refractivity contribution in [2.45, 2.75) is 0 Å².